The van der Waals surface area contributed by atoms with Crippen molar-refractivity contribution in [3.05, 3.63) is 66.1 Å². The first-order chi connectivity index (χ1) is 12.1. The first kappa shape index (κ1) is 16.2. The van der Waals surface area contributed by atoms with E-state index >= 15 is 0 Å². The molecular weight excluding hydrogens is 318 g/mol. The molecule has 0 saturated heterocycles. The van der Waals surface area contributed by atoms with Crippen molar-refractivity contribution in [3.8, 4) is 0 Å². The van der Waals surface area contributed by atoms with Gasteiger partial charge in [0, 0.05) is 11.8 Å². The van der Waals surface area contributed by atoms with E-state index in [1.165, 1.54) is 6.33 Å². The number of aromatic nitrogens is 3. The topological polar surface area (TPSA) is 118 Å². The molecule has 8 heteroatoms. The summed E-state index contributed by atoms with van der Waals surface area (Å²) >= 11 is 0. The molecular formula is C17H17N7O. The minimum absolute atomic E-state index is 0.261. The number of nitrogen functional groups attached to an aromatic ring is 1. The molecule has 0 aliphatic carbocycles. The van der Waals surface area contributed by atoms with Crippen LogP contribution in [0.1, 0.15) is 15.9 Å². The van der Waals surface area contributed by atoms with Gasteiger partial charge in [0.25, 0.3) is 5.91 Å². The molecule has 126 valence electrons. The Kier molecular flexibility index (Phi) is 4.70. The van der Waals surface area contributed by atoms with Gasteiger partial charge in [-0.25, -0.2) is 15.0 Å². The Labute approximate surface area is 144 Å². The van der Waals surface area contributed by atoms with Crippen molar-refractivity contribution in [3.63, 3.8) is 0 Å². The lowest BCUT2D eigenvalue weighted by atomic mass is 10.1. The molecule has 2 heterocycles. The van der Waals surface area contributed by atoms with Crippen molar-refractivity contribution in [2.45, 2.75) is 6.92 Å². The SMILES string of the molecule is Cc1ccc(C(=O)NNc2ncnc(Nc3ccccn3)c2N)cc1. The van der Waals surface area contributed by atoms with E-state index in [-0.39, 0.29) is 17.4 Å². The van der Waals surface area contributed by atoms with Crippen molar-refractivity contribution in [2.24, 2.45) is 0 Å². The summed E-state index contributed by atoms with van der Waals surface area (Å²) in [5, 5.41) is 3.00. The first-order valence-electron chi connectivity index (χ1n) is 7.55. The Hall–Kier alpha value is -3.68. The summed E-state index contributed by atoms with van der Waals surface area (Å²) in [6, 6.07) is 12.6. The molecule has 0 spiro atoms. The van der Waals surface area contributed by atoms with E-state index in [1.807, 2.05) is 31.2 Å². The molecule has 0 unspecified atom stereocenters. The Morgan fingerprint density at radius 1 is 1.00 bits per heavy atom. The number of amides is 1. The van der Waals surface area contributed by atoms with Crippen molar-refractivity contribution in [1.29, 1.82) is 0 Å². The van der Waals surface area contributed by atoms with Crippen molar-refractivity contribution in [1.82, 2.24) is 20.4 Å². The predicted molar refractivity (Wildman–Crippen MR) is 96.2 cm³/mol. The molecule has 0 bridgehead atoms. The third kappa shape index (κ3) is 3.99. The maximum absolute atomic E-state index is 12.1. The summed E-state index contributed by atoms with van der Waals surface area (Å²) in [5.74, 6) is 0.981. The number of carbonyl (C=O) groups is 1. The lowest BCUT2D eigenvalue weighted by Crippen LogP contribution is -2.30. The highest BCUT2D eigenvalue weighted by atomic mass is 16.2. The van der Waals surface area contributed by atoms with E-state index in [4.69, 9.17) is 5.73 Å². The highest BCUT2D eigenvalue weighted by Crippen LogP contribution is 2.24. The maximum atomic E-state index is 12.1. The second-order valence-corrected chi connectivity index (χ2v) is 5.27. The Morgan fingerprint density at radius 2 is 1.76 bits per heavy atom. The highest BCUT2D eigenvalue weighted by Gasteiger charge is 2.10. The summed E-state index contributed by atoms with van der Waals surface area (Å²) in [5.41, 5.74) is 13.2. The average Bonchev–Trinajstić information content (AvgIpc) is 2.63. The van der Waals surface area contributed by atoms with E-state index in [1.54, 1.807) is 24.4 Å². The van der Waals surface area contributed by atoms with Gasteiger partial charge in [0.2, 0.25) is 0 Å². The predicted octanol–water partition coefficient (Wildman–Crippen LogP) is 2.26. The van der Waals surface area contributed by atoms with Gasteiger partial charge in [-0.1, -0.05) is 23.8 Å². The summed E-state index contributed by atoms with van der Waals surface area (Å²) in [7, 11) is 0. The molecule has 25 heavy (non-hydrogen) atoms. The number of nitrogens with two attached hydrogens (primary N) is 1. The Balaban J connectivity index is 1.69. The molecule has 0 fully saturated rings. The van der Waals surface area contributed by atoms with Crippen LogP contribution in [0.5, 0.6) is 0 Å². The zero-order valence-electron chi connectivity index (χ0n) is 13.5. The largest absolute Gasteiger partial charge is 0.393 e. The number of hydrazine groups is 1. The van der Waals surface area contributed by atoms with Gasteiger partial charge in [0.15, 0.2) is 11.6 Å². The normalized spacial score (nSPS) is 10.1. The molecule has 0 atom stereocenters. The molecule has 3 aromatic rings. The van der Waals surface area contributed by atoms with Crippen LogP contribution in [0.2, 0.25) is 0 Å². The number of pyridine rings is 1. The van der Waals surface area contributed by atoms with Gasteiger partial charge < -0.3 is 11.1 Å². The lowest BCUT2D eigenvalue weighted by molar-refractivity contribution is 0.0962. The Morgan fingerprint density at radius 3 is 2.48 bits per heavy atom. The second-order valence-electron chi connectivity index (χ2n) is 5.27. The number of nitrogens with zero attached hydrogens (tertiary/aromatic N) is 3. The van der Waals surface area contributed by atoms with E-state index in [2.05, 4.69) is 31.1 Å². The fourth-order valence-corrected chi connectivity index (χ4v) is 2.05. The van der Waals surface area contributed by atoms with Gasteiger partial charge in [-0.05, 0) is 31.2 Å². The molecule has 0 aliphatic rings. The maximum Gasteiger partial charge on any atom is 0.269 e. The number of rotatable bonds is 5. The summed E-state index contributed by atoms with van der Waals surface area (Å²) in [4.78, 5) is 24.4. The number of aryl methyl sites for hydroxylation is 1. The van der Waals surface area contributed by atoms with E-state index in [0.29, 0.717) is 17.2 Å². The quantitative estimate of drug-likeness (QED) is 0.528. The van der Waals surface area contributed by atoms with Crippen LogP contribution < -0.4 is 21.9 Å². The Bertz CT molecular complexity index is 866. The van der Waals surface area contributed by atoms with E-state index in [0.717, 1.165) is 5.56 Å². The van der Waals surface area contributed by atoms with Gasteiger partial charge in [0.05, 0.1) is 0 Å². The van der Waals surface area contributed by atoms with Crippen molar-refractivity contribution in [2.75, 3.05) is 16.5 Å². The van der Waals surface area contributed by atoms with E-state index in [9.17, 15) is 4.79 Å². The minimum atomic E-state index is -0.294. The number of anilines is 4. The lowest BCUT2D eigenvalue weighted by Gasteiger charge is -2.12. The molecule has 5 N–H and O–H groups in total. The second kappa shape index (κ2) is 7.26. The van der Waals surface area contributed by atoms with Gasteiger partial charge in [-0.15, -0.1) is 0 Å². The van der Waals surface area contributed by atoms with Gasteiger partial charge >= 0.3 is 0 Å². The standard InChI is InChI=1S/C17H17N7O/c1-11-5-7-12(8-6-11)17(25)24-23-16-14(18)15(20-10-21-16)22-13-4-2-3-9-19-13/h2-10H,18H2,1H3,(H,24,25)(H2,19,20,21,22,23). The third-order valence-corrected chi connectivity index (χ3v) is 3.40. The van der Waals surface area contributed by atoms with Crippen LogP contribution in [0.25, 0.3) is 0 Å². The third-order valence-electron chi connectivity index (χ3n) is 3.40. The zero-order chi connectivity index (χ0) is 17.6. The smallest absolute Gasteiger partial charge is 0.269 e. The van der Waals surface area contributed by atoms with Crippen LogP contribution in [0, 0.1) is 6.92 Å². The first-order valence-corrected chi connectivity index (χ1v) is 7.55. The summed E-state index contributed by atoms with van der Waals surface area (Å²) in [6.07, 6.45) is 2.99. The van der Waals surface area contributed by atoms with Gasteiger partial charge in [-0.3, -0.25) is 15.6 Å². The molecule has 0 radical (unpaired) electrons. The van der Waals surface area contributed by atoms with Gasteiger partial charge in [0.1, 0.15) is 17.8 Å². The number of nitrogens with one attached hydrogen (secondary N) is 3. The van der Waals surface area contributed by atoms with E-state index < -0.39 is 0 Å². The molecule has 0 aliphatic heterocycles. The number of hydrogen-bond acceptors (Lipinski definition) is 7. The van der Waals surface area contributed by atoms with Gasteiger partial charge in [-0.2, -0.15) is 0 Å². The van der Waals surface area contributed by atoms with Crippen LogP contribution in [0.4, 0.5) is 23.1 Å². The minimum Gasteiger partial charge on any atom is -0.393 e. The molecule has 8 nitrogen and oxygen atoms in total. The average molecular weight is 335 g/mol. The monoisotopic (exact) mass is 335 g/mol. The van der Waals surface area contributed by atoms with Crippen LogP contribution in [-0.2, 0) is 0 Å². The fraction of sp³-hybridized carbons (Fsp3) is 0.0588. The van der Waals surface area contributed by atoms with Crippen LogP contribution >= 0.6 is 0 Å². The van der Waals surface area contributed by atoms with Crippen molar-refractivity contribution >= 4 is 29.0 Å². The number of hydrogen-bond donors (Lipinski definition) is 4. The molecule has 2 aromatic heterocycles. The van der Waals surface area contributed by atoms with Crippen LogP contribution in [0.15, 0.2) is 55.0 Å². The van der Waals surface area contributed by atoms with Crippen molar-refractivity contribution < 1.29 is 4.79 Å². The summed E-state index contributed by atoms with van der Waals surface area (Å²) < 4.78 is 0. The summed E-state index contributed by atoms with van der Waals surface area (Å²) in [6.45, 7) is 1.96. The van der Waals surface area contributed by atoms with Crippen LogP contribution in [-0.4, -0.2) is 20.9 Å². The molecule has 0 saturated carbocycles. The molecule has 1 aromatic carbocycles. The number of benzene rings is 1. The number of carbonyl (C=O) groups excluding carboxylic acids is 1. The van der Waals surface area contributed by atoms with Crippen LogP contribution in [0.3, 0.4) is 0 Å². The molecule has 3 rings (SSSR count). The molecule has 1 amide bonds. The fourth-order valence-electron chi connectivity index (χ4n) is 2.05. The zero-order valence-corrected chi connectivity index (χ0v) is 13.5. The highest BCUT2D eigenvalue weighted by molar-refractivity contribution is 5.95.